The molecule has 32 heavy (non-hydrogen) atoms. The predicted molar refractivity (Wildman–Crippen MR) is 120 cm³/mol. The number of imide groups is 1. The Labute approximate surface area is 189 Å². The van der Waals surface area contributed by atoms with Gasteiger partial charge in [-0.05, 0) is 66.7 Å². The van der Waals surface area contributed by atoms with Crippen molar-refractivity contribution in [2.75, 3.05) is 24.6 Å². The molecule has 3 atom stereocenters. The summed E-state index contributed by atoms with van der Waals surface area (Å²) in [5, 5.41) is 0. The summed E-state index contributed by atoms with van der Waals surface area (Å²) in [6.45, 7) is 14.0. The van der Waals surface area contributed by atoms with E-state index < -0.39 is 23.4 Å². The number of carbonyl (C=O) groups excluding carboxylic acids is 3. The number of ether oxygens (including phenoxy) is 3. The average molecular weight is 447 g/mol. The van der Waals surface area contributed by atoms with Crippen molar-refractivity contribution in [3.05, 3.63) is 29.8 Å². The van der Waals surface area contributed by atoms with Crippen LogP contribution in [-0.2, 0) is 14.2 Å². The van der Waals surface area contributed by atoms with E-state index in [1.54, 1.807) is 54.5 Å². The Morgan fingerprint density at radius 1 is 0.969 bits per heavy atom. The Kier molecular flexibility index (Phi) is 6.45. The molecule has 0 bridgehead atoms. The Morgan fingerprint density at radius 2 is 1.50 bits per heavy atom. The van der Waals surface area contributed by atoms with Crippen molar-refractivity contribution < 1.29 is 28.6 Å². The zero-order chi connectivity index (χ0) is 23.8. The standard InChI is InChI=1S/C24H34N2O6/c1-8-30-20(27)15-10-9-11-16(12-15)25-13-17-18(14-25)19(17)26(21(28)31-23(2,3)4)22(29)32-24(5,6)7/h9-12,17-19H,8,13-14H2,1-7H3/t17-,18+,19+. The molecule has 2 amide bonds. The van der Waals surface area contributed by atoms with E-state index in [1.165, 1.54) is 0 Å². The molecular weight excluding hydrogens is 412 g/mol. The number of anilines is 1. The Bertz CT molecular complexity index is 845. The maximum atomic E-state index is 12.9. The highest BCUT2D eigenvalue weighted by Crippen LogP contribution is 2.50. The van der Waals surface area contributed by atoms with Crippen LogP contribution in [-0.4, -0.2) is 60.0 Å². The third kappa shape index (κ3) is 5.53. The van der Waals surface area contributed by atoms with Crippen molar-refractivity contribution in [1.82, 2.24) is 4.90 Å². The van der Waals surface area contributed by atoms with Gasteiger partial charge in [0.1, 0.15) is 11.2 Å². The first kappa shape index (κ1) is 23.9. The van der Waals surface area contributed by atoms with Gasteiger partial charge in [-0.1, -0.05) is 6.07 Å². The normalized spacial score (nSPS) is 22.1. The second kappa shape index (κ2) is 8.64. The molecule has 0 radical (unpaired) electrons. The molecule has 0 aromatic heterocycles. The predicted octanol–water partition coefficient (Wildman–Crippen LogP) is 4.47. The van der Waals surface area contributed by atoms with E-state index in [1.807, 2.05) is 18.2 Å². The zero-order valence-corrected chi connectivity index (χ0v) is 20.0. The number of benzene rings is 1. The molecule has 8 nitrogen and oxygen atoms in total. The first-order chi connectivity index (χ1) is 14.8. The summed E-state index contributed by atoms with van der Waals surface area (Å²) >= 11 is 0. The Hall–Kier alpha value is -2.77. The van der Waals surface area contributed by atoms with Crippen LogP contribution >= 0.6 is 0 Å². The van der Waals surface area contributed by atoms with E-state index in [9.17, 15) is 14.4 Å². The largest absolute Gasteiger partial charge is 0.462 e. The molecule has 1 aliphatic heterocycles. The lowest BCUT2D eigenvalue weighted by molar-refractivity contribution is -0.00219. The molecular formula is C24H34N2O6. The maximum Gasteiger partial charge on any atom is 0.420 e. The average Bonchev–Trinajstić information content (AvgIpc) is 3.10. The van der Waals surface area contributed by atoms with E-state index in [0.29, 0.717) is 25.3 Å². The van der Waals surface area contributed by atoms with Crippen molar-refractivity contribution in [2.45, 2.75) is 65.7 Å². The van der Waals surface area contributed by atoms with E-state index in [-0.39, 0.29) is 23.8 Å². The van der Waals surface area contributed by atoms with Gasteiger partial charge in [0.15, 0.2) is 0 Å². The van der Waals surface area contributed by atoms with Crippen molar-refractivity contribution in [3.63, 3.8) is 0 Å². The van der Waals surface area contributed by atoms with Crippen molar-refractivity contribution in [2.24, 2.45) is 11.8 Å². The van der Waals surface area contributed by atoms with Gasteiger partial charge in [0, 0.05) is 30.6 Å². The SMILES string of the molecule is CCOC(=O)c1cccc(N2C[C@@H]3[C@H](C2)[C@H]3N(C(=O)OC(C)(C)C)C(=O)OC(C)(C)C)c1. The summed E-state index contributed by atoms with van der Waals surface area (Å²) in [6, 6.07) is 7.06. The topological polar surface area (TPSA) is 85.4 Å². The molecule has 8 heteroatoms. The van der Waals surface area contributed by atoms with Crippen LogP contribution in [0.1, 0.15) is 58.8 Å². The van der Waals surface area contributed by atoms with E-state index in [4.69, 9.17) is 14.2 Å². The number of esters is 1. The molecule has 1 aliphatic carbocycles. The molecule has 0 spiro atoms. The van der Waals surface area contributed by atoms with Crippen LogP contribution in [0.3, 0.4) is 0 Å². The second-order valence-corrected chi connectivity index (χ2v) is 10.3. The van der Waals surface area contributed by atoms with Gasteiger partial charge < -0.3 is 19.1 Å². The summed E-state index contributed by atoms with van der Waals surface area (Å²) in [6.07, 6.45) is -1.36. The molecule has 176 valence electrons. The van der Waals surface area contributed by atoms with Gasteiger partial charge in [0.2, 0.25) is 0 Å². The van der Waals surface area contributed by atoms with E-state index >= 15 is 0 Å². The summed E-state index contributed by atoms with van der Waals surface area (Å²) in [5.41, 5.74) is -0.0184. The quantitative estimate of drug-likeness (QED) is 0.498. The molecule has 1 aromatic carbocycles. The van der Waals surface area contributed by atoms with Crippen LogP contribution < -0.4 is 4.90 Å². The van der Waals surface area contributed by atoms with Gasteiger partial charge in [-0.2, -0.15) is 0 Å². The molecule has 1 heterocycles. The summed E-state index contributed by atoms with van der Waals surface area (Å²) in [7, 11) is 0. The van der Waals surface area contributed by atoms with Gasteiger partial charge in [-0.3, -0.25) is 0 Å². The van der Waals surface area contributed by atoms with Crippen molar-refractivity contribution in [1.29, 1.82) is 0 Å². The first-order valence-corrected chi connectivity index (χ1v) is 11.1. The summed E-state index contributed by atoms with van der Waals surface area (Å²) in [5.74, 6) is -0.0971. The first-order valence-electron chi connectivity index (χ1n) is 11.1. The van der Waals surface area contributed by atoms with Crippen LogP contribution in [0.25, 0.3) is 0 Å². The fourth-order valence-corrected chi connectivity index (χ4v) is 4.07. The number of fused-ring (bicyclic) bond motifs is 1. The van der Waals surface area contributed by atoms with E-state index in [0.717, 1.165) is 10.6 Å². The van der Waals surface area contributed by atoms with Gasteiger partial charge in [0.25, 0.3) is 0 Å². The molecule has 2 aliphatic rings. The number of nitrogens with zero attached hydrogens (tertiary/aromatic N) is 2. The van der Waals surface area contributed by atoms with Crippen molar-refractivity contribution in [3.8, 4) is 0 Å². The number of amides is 2. The number of hydrogen-bond donors (Lipinski definition) is 0. The molecule has 1 saturated heterocycles. The second-order valence-electron chi connectivity index (χ2n) is 10.3. The van der Waals surface area contributed by atoms with Gasteiger partial charge >= 0.3 is 18.2 Å². The monoisotopic (exact) mass is 446 g/mol. The third-order valence-electron chi connectivity index (χ3n) is 5.35. The highest BCUT2D eigenvalue weighted by molar-refractivity contribution is 5.91. The molecule has 1 aromatic rings. The van der Waals surface area contributed by atoms with E-state index in [2.05, 4.69) is 4.90 Å². The van der Waals surface area contributed by atoms with Gasteiger partial charge in [-0.25, -0.2) is 19.3 Å². The lowest BCUT2D eigenvalue weighted by Gasteiger charge is -2.31. The fourth-order valence-electron chi connectivity index (χ4n) is 4.07. The smallest absolute Gasteiger partial charge is 0.420 e. The number of carbonyl (C=O) groups is 3. The van der Waals surface area contributed by atoms with Crippen molar-refractivity contribution >= 4 is 23.8 Å². The number of rotatable bonds is 4. The van der Waals surface area contributed by atoms with Gasteiger partial charge in [0.05, 0.1) is 18.2 Å². The van der Waals surface area contributed by atoms with Crippen LogP contribution in [0.5, 0.6) is 0 Å². The highest BCUT2D eigenvalue weighted by atomic mass is 16.6. The third-order valence-corrected chi connectivity index (χ3v) is 5.35. The molecule has 3 rings (SSSR count). The van der Waals surface area contributed by atoms with Crippen LogP contribution in [0.15, 0.2) is 24.3 Å². The number of hydrogen-bond acceptors (Lipinski definition) is 7. The minimum absolute atomic E-state index is 0.126. The van der Waals surface area contributed by atoms with Crippen LogP contribution in [0, 0.1) is 11.8 Å². The fraction of sp³-hybridized carbons (Fsp3) is 0.625. The molecule has 0 N–H and O–H groups in total. The maximum absolute atomic E-state index is 12.9. The highest BCUT2D eigenvalue weighted by Gasteiger charge is 2.62. The molecule has 0 unspecified atom stereocenters. The minimum atomic E-state index is -0.721. The number of piperidine rings is 1. The summed E-state index contributed by atoms with van der Waals surface area (Å²) < 4.78 is 16.1. The zero-order valence-electron chi connectivity index (χ0n) is 20.0. The Balaban J connectivity index is 1.72. The Morgan fingerprint density at radius 3 is 1.97 bits per heavy atom. The lowest BCUT2D eigenvalue weighted by Crippen LogP contribution is -2.47. The lowest BCUT2D eigenvalue weighted by atomic mass is 10.2. The van der Waals surface area contributed by atoms with Crippen LogP contribution in [0.4, 0.5) is 15.3 Å². The molecule has 2 fully saturated rings. The summed E-state index contributed by atoms with van der Waals surface area (Å²) in [4.78, 5) is 41.1. The van der Waals surface area contributed by atoms with Crippen LogP contribution in [0.2, 0.25) is 0 Å². The molecule has 1 saturated carbocycles. The minimum Gasteiger partial charge on any atom is -0.462 e. The van der Waals surface area contributed by atoms with Gasteiger partial charge in [-0.15, -0.1) is 0 Å².